The summed E-state index contributed by atoms with van der Waals surface area (Å²) in [6, 6.07) is 2.63. The number of hydrogen-bond acceptors (Lipinski definition) is 4. The van der Waals surface area contributed by atoms with E-state index in [1.807, 2.05) is 13.8 Å². The molecule has 7 heteroatoms. The van der Waals surface area contributed by atoms with Crippen molar-refractivity contribution < 1.29 is 13.6 Å². The molecule has 0 radical (unpaired) electrons. The molecule has 2 heterocycles. The number of carbonyl (C=O) groups excluding carboxylic acids is 1. The van der Waals surface area contributed by atoms with Gasteiger partial charge in [0, 0.05) is 23.8 Å². The van der Waals surface area contributed by atoms with E-state index in [1.165, 1.54) is 12.1 Å². The summed E-state index contributed by atoms with van der Waals surface area (Å²) in [7, 11) is 0. The van der Waals surface area contributed by atoms with Crippen molar-refractivity contribution in [3.63, 3.8) is 0 Å². The Morgan fingerprint density at radius 3 is 2.56 bits per heavy atom. The lowest BCUT2D eigenvalue weighted by atomic mass is 9.73. The fraction of sp³-hybridized carbons (Fsp3) is 0.389. The summed E-state index contributed by atoms with van der Waals surface area (Å²) in [5.74, 6) is -0.394. The van der Waals surface area contributed by atoms with Crippen LogP contribution in [-0.2, 0) is 4.79 Å². The van der Waals surface area contributed by atoms with Gasteiger partial charge >= 0.3 is 0 Å². The molecule has 0 saturated heterocycles. The third-order valence-corrected chi connectivity index (χ3v) is 4.64. The van der Waals surface area contributed by atoms with Crippen LogP contribution in [0.15, 0.2) is 29.5 Å². The second kappa shape index (κ2) is 5.21. The van der Waals surface area contributed by atoms with Crippen LogP contribution in [0.25, 0.3) is 0 Å². The SMILES string of the molecule is Cc1nc2n(n1)[C@@H](c1cc(F)cc(F)c1)C1=C(CC(C)(C)CC1=O)N2. The molecule has 5 nitrogen and oxygen atoms in total. The predicted molar refractivity (Wildman–Crippen MR) is 87.9 cm³/mol. The third kappa shape index (κ3) is 2.63. The third-order valence-electron chi connectivity index (χ3n) is 4.64. The highest BCUT2D eigenvalue weighted by atomic mass is 19.1. The number of anilines is 1. The van der Waals surface area contributed by atoms with E-state index in [0.717, 1.165) is 11.8 Å². The molecule has 1 aromatic carbocycles. The highest BCUT2D eigenvalue weighted by Gasteiger charge is 2.41. The van der Waals surface area contributed by atoms with Crippen LogP contribution in [0.5, 0.6) is 0 Å². The van der Waals surface area contributed by atoms with Crippen molar-refractivity contribution >= 4 is 11.7 Å². The van der Waals surface area contributed by atoms with Gasteiger partial charge in [0.15, 0.2) is 5.78 Å². The smallest absolute Gasteiger partial charge is 0.226 e. The van der Waals surface area contributed by atoms with Gasteiger partial charge < -0.3 is 5.32 Å². The fourth-order valence-electron chi connectivity index (χ4n) is 3.76. The zero-order chi connectivity index (χ0) is 17.9. The molecule has 25 heavy (non-hydrogen) atoms. The minimum Gasteiger partial charge on any atom is -0.328 e. The van der Waals surface area contributed by atoms with Crippen molar-refractivity contribution in [3.05, 3.63) is 52.5 Å². The number of aromatic nitrogens is 3. The molecule has 1 atom stereocenters. The summed E-state index contributed by atoms with van der Waals surface area (Å²) in [6.07, 6.45) is 1.04. The predicted octanol–water partition coefficient (Wildman–Crippen LogP) is 3.52. The van der Waals surface area contributed by atoms with Crippen molar-refractivity contribution in [1.29, 1.82) is 0 Å². The number of allylic oxidation sites excluding steroid dienone is 2. The van der Waals surface area contributed by atoms with Crippen LogP contribution in [0.1, 0.15) is 44.1 Å². The second-order valence-corrected chi connectivity index (χ2v) is 7.49. The number of fused-ring (bicyclic) bond motifs is 1. The summed E-state index contributed by atoms with van der Waals surface area (Å²) >= 11 is 0. The standard InChI is InChI=1S/C18H18F2N4O/c1-9-21-17-22-13-7-18(2,3)8-14(25)15(13)16(24(17)23-9)10-4-11(19)6-12(20)5-10/h4-6,16H,7-8H2,1-3H3,(H,21,22,23)/t16-/m0/s1. The van der Waals surface area contributed by atoms with Gasteiger partial charge in [0.05, 0.1) is 0 Å². The maximum Gasteiger partial charge on any atom is 0.226 e. The highest BCUT2D eigenvalue weighted by molar-refractivity contribution is 6.00. The molecule has 1 aromatic heterocycles. The number of halogens is 2. The number of benzene rings is 1. The molecule has 0 unspecified atom stereocenters. The molecule has 1 aliphatic carbocycles. The molecule has 1 aliphatic heterocycles. The van der Waals surface area contributed by atoms with E-state index in [4.69, 9.17) is 0 Å². The first kappa shape index (κ1) is 15.9. The Hall–Kier alpha value is -2.57. The van der Waals surface area contributed by atoms with Crippen LogP contribution in [-0.4, -0.2) is 20.5 Å². The van der Waals surface area contributed by atoms with Crippen molar-refractivity contribution in [1.82, 2.24) is 14.8 Å². The average molecular weight is 344 g/mol. The van der Waals surface area contributed by atoms with Crippen LogP contribution >= 0.6 is 0 Å². The quantitative estimate of drug-likeness (QED) is 0.860. The Kier molecular flexibility index (Phi) is 3.32. The number of aryl methyl sites for hydroxylation is 1. The van der Waals surface area contributed by atoms with Crippen LogP contribution in [0.4, 0.5) is 14.7 Å². The Bertz CT molecular complexity index is 909. The zero-order valence-corrected chi connectivity index (χ0v) is 14.2. The van der Waals surface area contributed by atoms with Crippen molar-refractivity contribution in [2.75, 3.05) is 5.32 Å². The highest BCUT2D eigenvalue weighted by Crippen LogP contribution is 2.45. The molecular weight excluding hydrogens is 326 g/mol. The molecule has 2 aliphatic rings. The monoisotopic (exact) mass is 344 g/mol. The normalized spacial score (nSPS) is 21.6. The van der Waals surface area contributed by atoms with E-state index in [0.29, 0.717) is 35.8 Å². The van der Waals surface area contributed by atoms with Gasteiger partial charge in [0.2, 0.25) is 5.95 Å². The van der Waals surface area contributed by atoms with Gasteiger partial charge in [-0.25, -0.2) is 13.5 Å². The van der Waals surface area contributed by atoms with Crippen LogP contribution in [0.3, 0.4) is 0 Å². The first-order valence-electron chi connectivity index (χ1n) is 8.16. The van der Waals surface area contributed by atoms with Crippen LogP contribution in [0.2, 0.25) is 0 Å². The lowest BCUT2D eigenvalue weighted by Crippen LogP contribution is -2.36. The molecule has 2 aromatic rings. The number of rotatable bonds is 1. The second-order valence-electron chi connectivity index (χ2n) is 7.49. The Morgan fingerprint density at radius 2 is 1.88 bits per heavy atom. The van der Waals surface area contributed by atoms with Crippen LogP contribution < -0.4 is 5.32 Å². The maximum atomic E-state index is 13.8. The number of ketones is 1. The van der Waals surface area contributed by atoms with Gasteiger partial charge in [0.25, 0.3) is 0 Å². The number of Topliss-reactive ketones (excluding diaryl/α,β-unsaturated/α-hetero) is 1. The van der Waals surface area contributed by atoms with Gasteiger partial charge in [-0.15, -0.1) is 0 Å². The average Bonchev–Trinajstić information content (AvgIpc) is 2.82. The summed E-state index contributed by atoms with van der Waals surface area (Å²) in [5, 5.41) is 7.54. The van der Waals surface area contributed by atoms with Gasteiger partial charge in [-0.1, -0.05) is 13.8 Å². The summed E-state index contributed by atoms with van der Waals surface area (Å²) in [6.45, 7) is 5.79. The Balaban J connectivity index is 1.95. The van der Waals surface area contributed by atoms with Gasteiger partial charge in [0.1, 0.15) is 23.5 Å². The van der Waals surface area contributed by atoms with Crippen molar-refractivity contribution in [2.45, 2.75) is 39.7 Å². The zero-order valence-electron chi connectivity index (χ0n) is 14.2. The first-order valence-corrected chi connectivity index (χ1v) is 8.16. The first-order chi connectivity index (χ1) is 11.7. The molecule has 0 amide bonds. The van der Waals surface area contributed by atoms with E-state index in [2.05, 4.69) is 15.4 Å². The fourth-order valence-corrected chi connectivity index (χ4v) is 3.76. The molecule has 1 N–H and O–H groups in total. The van der Waals surface area contributed by atoms with E-state index >= 15 is 0 Å². The van der Waals surface area contributed by atoms with Crippen LogP contribution in [0, 0.1) is 24.0 Å². The number of nitrogens with one attached hydrogen (secondary N) is 1. The Morgan fingerprint density at radius 1 is 1.20 bits per heavy atom. The lowest BCUT2D eigenvalue weighted by molar-refractivity contribution is -0.118. The molecule has 0 fully saturated rings. The number of hydrogen-bond donors (Lipinski definition) is 1. The van der Waals surface area contributed by atoms with Gasteiger partial charge in [-0.3, -0.25) is 4.79 Å². The maximum absolute atomic E-state index is 13.8. The number of nitrogens with zero attached hydrogens (tertiary/aromatic N) is 3. The molecule has 130 valence electrons. The van der Waals surface area contributed by atoms with E-state index in [9.17, 15) is 13.6 Å². The van der Waals surface area contributed by atoms with Crippen molar-refractivity contribution in [2.24, 2.45) is 5.41 Å². The van der Waals surface area contributed by atoms with E-state index in [1.54, 1.807) is 11.6 Å². The molecule has 0 spiro atoms. The van der Waals surface area contributed by atoms with Crippen molar-refractivity contribution in [3.8, 4) is 0 Å². The number of carbonyl (C=O) groups is 1. The molecular formula is C18H18F2N4O. The minimum absolute atomic E-state index is 0.0350. The van der Waals surface area contributed by atoms with Gasteiger partial charge in [-0.05, 0) is 36.5 Å². The lowest BCUT2D eigenvalue weighted by Gasteiger charge is -2.38. The van der Waals surface area contributed by atoms with E-state index < -0.39 is 17.7 Å². The van der Waals surface area contributed by atoms with Gasteiger partial charge in [-0.2, -0.15) is 10.1 Å². The minimum atomic E-state index is -0.683. The summed E-state index contributed by atoms with van der Waals surface area (Å²) in [5.41, 5.74) is 1.45. The molecule has 0 saturated carbocycles. The Labute approximate surface area is 143 Å². The topological polar surface area (TPSA) is 59.8 Å². The van der Waals surface area contributed by atoms with E-state index in [-0.39, 0.29) is 11.2 Å². The summed E-state index contributed by atoms with van der Waals surface area (Å²) in [4.78, 5) is 17.2. The largest absolute Gasteiger partial charge is 0.328 e. The summed E-state index contributed by atoms with van der Waals surface area (Å²) < 4.78 is 29.2. The molecule has 0 bridgehead atoms. The molecule has 4 rings (SSSR count).